The Balaban J connectivity index is 1.88. The number of hydrogen-bond donors (Lipinski definition) is 1. The first-order chi connectivity index (χ1) is 11.4. The number of benzene rings is 2. The molecule has 3 aromatic rings. The van der Waals surface area contributed by atoms with Crippen molar-refractivity contribution in [2.75, 3.05) is 0 Å². The van der Waals surface area contributed by atoms with Crippen molar-refractivity contribution in [3.63, 3.8) is 0 Å². The molecule has 121 valence electrons. The Kier molecular flexibility index (Phi) is 4.10. The molecule has 0 unspecified atom stereocenters. The molecule has 24 heavy (non-hydrogen) atoms. The highest BCUT2D eigenvalue weighted by Crippen LogP contribution is 2.22. The molecule has 0 spiro atoms. The Morgan fingerprint density at radius 3 is 2.42 bits per heavy atom. The SMILES string of the molecule is [CH2]C(C)(C)c1ccc(CC(=O)c2c[nH]c3ccccc3c2=O)cc1. The number of rotatable bonds is 4. The van der Waals surface area contributed by atoms with Crippen molar-refractivity contribution < 1.29 is 4.79 Å². The van der Waals surface area contributed by atoms with E-state index in [-0.39, 0.29) is 28.6 Å². The molecule has 0 bridgehead atoms. The minimum Gasteiger partial charge on any atom is -0.360 e. The second-order valence-electron chi connectivity index (χ2n) is 6.76. The predicted molar refractivity (Wildman–Crippen MR) is 97.4 cm³/mol. The first-order valence-corrected chi connectivity index (χ1v) is 7.94. The maximum atomic E-state index is 12.5. The van der Waals surface area contributed by atoms with Crippen LogP contribution in [0.2, 0.25) is 0 Å². The predicted octanol–water partition coefficient (Wildman–Crippen LogP) is 4.07. The van der Waals surface area contributed by atoms with Crippen molar-refractivity contribution in [3.8, 4) is 0 Å². The quantitative estimate of drug-likeness (QED) is 0.737. The van der Waals surface area contributed by atoms with Gasteiger partial charge in [-0.2, -0.15) is 0 Å². The molecule has 0 atom stereocenters. The van der Waals surface area contributed by atoms with Gasteiger partial charge in [0, 0.05) is 23.5 Å². The fourth-order valence-corrected chi connectivity index (χ4v) is 2.73. The number of ketones is 1. The molecule has 0 fully saturated rings. The van der Waals surface area contributed by atoms with Gasteiger partial charge < -0.3 is 4.98 Å². The molecule has 1 aromatic heterocycles. The van der Waals surface area contributed by atoms with E-state index in [1.54, 1.807) is 12.1 Å². The number of Topliss-reactive ketones (excluding diaryl/α,β-unsaturated/α-hetero) is 1. The van der Waals surface area contributed by atoms with Crippen LogP contribution in [-0.4, -0.2) is 10.8 Å². The summed E-state index contributed by atoms with van der Waals surface area (Å²) >= 11 is 0. The van der Waals surface area contributed by atoms with Gasteiger partial charge in [-0.05, 0) is 35.6 Å². The van der Waals surface area contributed by atoms with Gasteiger partial charge in [-0.1, -0.05) is 50.2 Å². The zero-order valence-corrected chi connectivity index (χ0v) is 13.9. The lowest BCUT2D eigenvalue weighted by atomic mass is 9.86. The first-order valence-electron chi connectivity index (χ1n) is 7.94. The fraction of sp³-hybridized carbons (Fsp3) is 0.190. The van der Waals surface area contributed by atoms with Gasteiger partial charge in [0.15, 0.2) is 11.2 Å². The van der Waals surface area contributed by atoms with Crippen LogP contribution in [0.4, 0.5) is 0 Å². The minimum atomic E-state index is -0.218. The molecular weight excluding hydrogens is 298 g/mol. The molecule has 1 heterocycles. The number of carbonyl (C=O) groups is 1. The summed E-state index contributed by atoms with van der Waals surface area (Å²) < 4.78 is 0. The smallest absolute Gasteiger partial charge is 0.200 e. The van der Waals surface area contributed by atoms with Crippen LogP contribution in [0.5, 0.6) is 0 Å². The summed E-state index contributed by atoms with van der Waals surface area (Å²) in [5, 5.41) is 0.539. The van der Waals surface area contributed by atoms with E-state index in [1.807, 2.05) is 50.2 Å². The largest absolute Gasteiger partial charge is 0.360 e. The third-order valence-electron chi connectivity index (χ3n) is 4.19. The highest BCUT2D eigenvalue weighted by Gasteiger charge is 2.16. The van der Waals surface area contributed by atoms with Gasteiger partial charge in [-0.3, -0.25) is 9.59 Å². The van der Waals surface area contributed by atoms with E-state index in [4.69, 9.17) is 0 Å². The van der Waals surface area contributed by atoms with Crippen molar-refractivity contribution >= 4 is 16.7 Å². The summed E-state index contributed by atoms with van der Waals surface area (Å²) in [7, 11) is 0. The van der Waals surface area contributed by atoms with Gasteiger partial charge in [0.2, 0.25) is 0 Å². The summed E-state index contributed by atoms with van der Waals surface area (Å²) in [6, 6.07) is 15.0. The average Bonchev–Trinajstić information content (AvgIpc) is 2.55. The van der Waals surface area contributed by atoms with E-state index in [2.05, 4.69) is 11.9 Å². The van der Waals surface area contributed by atoms with Gasteiger partial charge in [-0.15, -0.1) is 0 Å². The highest BCUT2D eigenvalue weighted by molar-refractivity contribution is 5.99. The van der Waals surface area contributed by atoms with E-state index >= 15 is 0 Å². The number of para-hydroxylation sites is 1. The van der Waals surface area contributed by atoms with Crippen molar-refractivity contribution in [2.24, 2.45) is 0 Å². The Morgan fingerprint density at radius 1 is 1.08 bits per heavy atom. The summed E-state index contributed by atoms with van der Waals surface area (Å²) in [6.45, 7) is 8.19. The third kappa shape index (κ3) is 3.16. The molecule has 1 N–H and O–H groups in total. The molecule has 0 aliphatic carbocycles. The molecule has 3 nitrogen and oxygen atoms in total. The Labute approximate surface area is 141 Å². The van der Waals surface area contributed by atoms with Crippen LogP contribution in [0.25, 0.3) is 10.9 Å². The lowest BCUT2D eigenvalue weighted by Gasteiger charge is -2.18. The van der Waals surface area contributed by atoms with Gasteiger partial charge in [0.05, 0.1) is 5.56 Å². The van der Waals surface area contributed by atoms with Gasteiger partial charge in [0.25, 0.3) is 0 Å². The zero-order chi connectivity index (χ0) is 17.3. The average molecular weight is 318 g/mol. The molecule has 1 radical (unpaired) electrons. The molecule has 0 saturated carbocycles. The zero-order valence-electron chi connectivity index (χ0n) is 13.9. The van der Waals surface area contributed by atoms with E-state index in [0.29, 0.717) is 5.39 Å². The lowest BCUT2D eigenvalue weighted by molar-refractivity contribution is 0.0992. The molecule has 3 heteroatoms. The number of nitrogens with one attached hydrogen (secondary N) is 1. The van der Waals surface area contributed by atoms with Crippen LogP contribution in [0.15, 0.2) is 59.5 Å². The molecule has 0 amide bonds. The van der Waals surface area contributed by atoms with Crippen LogP contribution < -0.4 is 5.43 Å². The molecule has 2 aromatic carbocycles. The van der Waals surface area contributed by atoms with Gasteiger partial charge in [0.1, 0.15) is 0 Å². The number of pyridine rings is 1. The second-order valence-corrected chi connectivity index (χ2v) is 6.76. The number of carbonyl (C=O) groups excluding carboxylic acids is 1. The lowest BCUT2D eigenvalue weighted by Crippen LogP contribution is -2.17. The highest BCUT2D eigenvalue weighted by atomic mass is 16.1. The number of aromatic amines is 1. The molecule has 0 saturated heterocycles. The van der Waals surface area contributed by atoms with Crippen LogP contribution in [0.1, 0.15) is 35.3 Å². The van der Waals surface area contributed by atoms with Crippen LogP contribution in [0.3, 0.4) is 0 Å². The Morgan fingerprint density at radius 2 is 1.75 bits per heavy atom. The maximum absolute atomic E-state index is 12.5. The maximum Gasteiger partial charge on any atom is 0.200 e. The van der Waals surface area contributed by atoms with Crippen LogP contribution in [0, 0.1) is 6.92 Å². The summed E-state index contributed by atoms with van der Waals surface area (Å²) in [6.07, 6.45) is 1.72. The molecule has 3 rings (SSSR count). The number of hydrogen-bond acceptors (Lipinski definition) is 2. The number of aromatic nitrogens is 1. The van der Waals surface area contributed by atoms with E-state index in [0.717, 1.165) is 16.6 Å². The summed E-state index contributed by atoms with van der Waals surface area (Å²) in [5.41, 5.74) is 2.56. The summed E-state index contributed by atoms with van der Waals surface area (Å²) in [5.74, 6) is -0.177. The van der Waals surface area contributed by atoms with Crippen LogP contribution in [-0.2, 0) is 11.8 Å². The standard InChI is InChI=1S/C21H20NO2/c1-21(2,3)15-10-8-14(9-11-15)12-19(23)17-13-22-18-7-5-4-6-16(18)20(17)24/h4-11,13H,1,12H2,2-3H3,(H,22,24). The van der Waals surface area contributed by atoms with Gasteiger partial charge in [-0.25, -0.2) is 0 Å². The van der Waals surface area contributed by atoms with Crippen molar-refractivity contribution in [3.05, 3.63) is 88.6 Å². The van der Waals surface area contributed by atoms with Crippen molar-refractivity contribution in [1.82, 2.24) is 4.98 Å². The molecule has 0 aliphatic heterocycles. The topological polar surface area (TPSA) is 49.9 Å². The fourth-order valence-electron chi connectivity index (χ4n) is 2.73. The molecule has 0 aliphatic rings. The Bertz CT molecular complexity index is 944. The van der Waals surface area contributed by atoms with Crippen LogP contribution >= 0.6 is 0 Å². The second kappa shape index (κ2) is 6.08. The number of H-pyrrole nitrogens is 1. The van der Waals surface area contributed by atoms with E-state index in [1.165, 1.54) is 6.20 Å². The van der Waals surface area contributed by atoms with Crippen molar-refractivity contribution in [1.29, 1.82) is 0 Å². The first kappa shape index (κ1) is 16.2. The summed E-state index contributed by atoms with van der Waals surface area (Å²) in [4.78, 5) is 28.1. The van der Waals surface area contributed by atoms with E-state index < -0.39 is 0 Å². The van der Waals surface area contributed by atoms with Crippen molar-refractivity contribution in [2.45, 2.75) is 25.7 Å². The molecular formula is C21H20NO2. The monoisotopic (exact) mass is 318 g/mol. The number of fused-ring (bicyclic) bond motifs is 1. The van der Waals surface area contributed by atoms with Gasteiger partial charge >= 0.3 is 0 Å². The normalized spacial score (nSPS) is 11.6. The van der Waals surface area contributed by atoms with E-state index in [9.17, 15) is 9.59 Å². The minimum absolute atomic E-state index is 0.169. The Hall–Kier alpha value is -2.68. The third-order valence-corrected chi connectivity index (χ3v) is 4.19.